The van der Waals surface area contributed by atoms with Crippen molar-refractivity contribution in [2.45, 2.75) is 19.0 Å². The predicted molar refractivity (Wildman–Crippen MR) is 119 cm³/mol. The zero-order valence-corrected chi connectivity index (χ0v) is 18.3. The molecule has 0 aliphatic carbocycles. The van der Waals surface area contributed by atoms with Gasteiger partial charge in [0.05, 0.1) is 17.3 Å². The highest BCUT2D eigenvalue weighted by Crippen LogP contribution is 2.25. The Balaban J connectivity index is 1.57. The van der Waals surface area contributed by atoms with Crippen LogP contribution in [0.25, 0.3) is 11.4 Å². The number of hydrogen-bond donors (Lipinski definition) is 1. The van der Waals surface area contributed by atoms with Crippen molar-refractivity contribution in [2.24, 2.45) is 13.0 Å². The molecule has 0 atom stereocenters. The van der Waals surface area contributed by atoms with Crippen molar-refractivity contribution in [3.05, 3.63) is 58.6 Å². The van der Waals surface area contributed by atoms with Gasteiger partial charge < -0.3 is 14.6 Å². The number of nitro groups is 1. The molecule has 0 fully saturated rings. The van der Waals surface area contributed by atoms with E-state index in [4.69, 9.17) is 4.74 Å². The molecular formula is C21H23N5O4S. The number of ether oxygens (including phenoxy) is 1. The van der Waals surface area contributed by atoms with Gasteiger partial charge in [0.2, 0.25) is 5.91 Å². The number of non-ortho nitro benzene ring substituents is 1. The van der Waals surface area contributed by atoms with Crippen LogP contribution in [0.4, 0.5) is 11.4 Å². The van der Waals surface area contributed by atoms with Gasteiger partial charge in [-0.05, 0) is 42.3 Å². The second kappa shape index (κ2) is 10.1. The van der Waals surface area contributed by atoms with E-state index in [0.29, 0.717) is 29.2 Å². The summed E-state index contributed by atoms with van der Waals surface area (Å²) in [5.74, 6) is 1.83. The SMILES string of the molecule is CC(C)COc1ccc(-c2nnc(SCC(=O)Nc3ccc([N+](=O)[O-])cc3)n2C)cc1. The van der Waals surface area contributed by atoms with Crippen molar-refractivity contribution in [3.8, 4) is 17.1 Å². The molecule has 0 spiro atoms. The highest BCUT2D eigenvalue weighted by Gasteiger charge is 2.14. The third-order valence-electron chi connectivity index (χ3n) is 4.22. The molecule has 31 heavy (non-hydrogen) atoms. The Labute approximate surface area is 184 Å². The minimum absolute atomic E-state index is 0.0292. The summed E-state index contributed by atoms with van der Waals surface area (Å²) in [5, 5.41) is 22.4. The van der Waals surface area contributed by atoms with Gasteiger partial charge in [-0.2, -0.15) is 0 Å². The molecule has 1 heterocycles. The summed E-state index contributed by atoms with van der Waals surface area (Å²) in [6.07, 6.45) is 0. The Bertz CT molecular complexity index is 1050. The molecule has 9 nitrogen and oxygen atoms in total. The van der Waals surface area contributed by atoms with E-state index < -0.39 is 4.92 Å². The summed E-state index contributed by atoms with van der Waals surface area (Å²) in [7, 11) is 1.84. The molecule has 3 aromatic rings. The average molecular weight is 442 g/mol. The summed E-state index contributed by atoms with van der Waals surface area (Å²) < 4.78 is 7.53. The Kier molecular flexibility index (Phi) is 7.24. The van der Waals surface area contributed by atoms with Crippen LogP contribution in [0, 0.1) is 16.0 Å². The molecular weight excluding hydrogens is 418 g/mol. The summed E-state index contributed by atoms with van der Waals surface area (Å²) >= 11 is 1.26. The number of rotatable bonds is 9. The molecule has 0 radical (unpaired) electrons. The zero-order chi connectivity index (χ0) is 22.4. The molecule has 0 aliphatic heterocycles. The van der Waals surface area contributed by atoms with Gasteiger partial charge in [-0.25, -0.2) is 0 Å². The lowest BCUT2D eigenvalue weighted by atomic mass is 10.2. The second-order valence-corrected chi connectivity index (χ2v) is 8.18. The van der Waals surface area contributed by atoms with E-state index in [0.717, 1.165) is 11.3 Å². The smallest absolute Gasteiger partial charge is 0.269 e. The number of nitrogens with one attached hydrogen (secondary N) is 1. The first kappa shape index (κ1) is 22.3. The van der Waals surface area contributed by atoms with Gasteiger partial charge in [-0.3, -0.25) is 14.9 Å². The Morgan fingerprint density at radius 2 is 1.84 bits per heavy atom. The van der Waals surface area contributed by atoms with Crippen LogP contribution in [0.15, 0.2) is 53.7 Å². The minimum atomic E-state index is -0.487. The highest BCUT2D eigenvalue weighted by molar-refractivity contribution is 7.99. The highest BCUT2D eigenvalue weighted by atomic mass is 32.2. The molecule has 3 rings (SSSR count). The van der Waals surface area contributed by atoms with Gasteiger partial charge in [0.25, 0.3) is 5.69 Å². The standard InChI is InChI=1S/C21H23N5O4S/c1-14(2)12-30-18-10-4-15(5-11-18)20-23-24-21(25(20)3)31-13-19(27)22-16-6-8-17(9-7-16)26(28)29/h4-11,14H,12-13H2,1-3H3,(H,22,27). The van der Waals surface area contributed by atoms with Crippen LogP contribution in [0.5, 0.6) is 5.75 Å². The fraction of sp³-hybridized carbons (Fsp3) is 0.286. The summed E-state index contributed by atoms with van der Waals surface area (Å²) in [4.78, 5) is 22.4. The van der Waals surface area contributed by atoms with Crippen molar-refractivity contribution in [3.63, 3.8) is 0 Å². The Morgan fingerprint density at radius 1 is 1.16 bits per heavy atom. The molecule has 162 valence electrons. The number of aromatic nitrogens is 3. The number of benzene rings is 2. The first-order valence-electron chi connectivity index (χ1n) is 9.63. The third kappa shape index (κ3) is 6.05. The lowest BCUT2D eigenvalue weighted by Crippen LogP contribution is -2.14. The van der Waals surface area contributed by atoms with E-state index in [1.54, 1.807) is 0 Å². The van der Waals surface area contributed by atoms with Gasteiger partial charge >= 0.3 is 0 Å². The number of nitrogens with zero attached hydrogens (tertiary/aromatic N) is 4. The third-order valence-corrected chi connectivity index (χ3v) is 5.25. The Hall–Kier alpha value is -3.40. The molecule has 0 unspecified atom stereocenters. The quantitative estimate of drug-likeness (QED) is 0.301. The molecule has 2 aromatic carbocycles. The van der Waals surface area contributed by atoms with Crippen molar-refractivity contribution in [2.75, 3.05) is 17.7 Å². The lowest BCUT2D eigenvalue weighted by Gasteiger charge is -2.09. The van der Waals surface area contributed by atoms with E-state index in [-0.39, 0.29) is 17.3 Å². The fourth-order valence-electron chi connectivity index (χ4n) is 2.65. The lowest BCUT2D eigenvalue weighted by molar-refractivity contribution is -0.384. The van der Waals surface area contributed by atoms with Crippen molar-refractivity contribution >= 4 is 29.0 Å². The van der Waals surface area contributed by atoms with Crippen molar-refractivity contribution in [1.29, 1.82) is 0 Å². The van der Waals surface area contributed by atoms with Gasteiger partial charge in [0.15, 0.2) is 11.0 Å². The maximum Gasteiger partial charge on any atom is 0.269 e. The molecule has 0 saturated carbocycles. The van der Waals surface area contributed by atoms with Gasteiger partial charge in [-0.15, -0.1) is 10.2 Å². The Morgan fingerprint density at radius 3 is 2.45 bits per heavy atom. The molecule has 10 heteroatoms. The summed E-state index contributed by atoms with van der Waals surface area (Å²) in [6, 6.07) is 13.3. The number of hydrogen-bond acceptors (Lipinski definition) is 7. The maximum atomic E-state index is 12.2. The normalized spacial score (nSPS) is 10.8. The molecule has 1 amide bonds. The van der Waals surface area contributed by atoms with Crippen molar-refractivity contribution < 1.29 is 14.5 Å². The molecule has 0 saturated heterocycles. The zero-order valence-electron chi connectivity index (χ0n) is 17.4. The number of carbonyl (C=O) groups is 1. The van der Waals surface area contributed by atoms with Crippen LogP contribution in [-0.2, 0) is 11.8 Å². The van der Waals surface area contributed by atoms with E-state index in [1.807, 2.05) is 35.9 Å². The minimum Gasteiger partial charge on any atom is -0.493 e. The number of thioether (sulfide) groups is 1. The summed E-state index contributed by atoms with van der Waals surface area (Å²) in [6.45, 7) is 4.85. The van der Waals surface area contributed by atoms with Crippen LogP contribution in [-0.4, -0.2) is 38.0 Å². The molecule has 1 N–H and O–H groups in total. The van der Waals surface area contributed by atoms with Gasteiger partial charge in [-0.1, -0.05) is 25.6 Å². The number of amides is 1. The monoisotopic (exact) mass is 441 g/mol. The topological polar surface area (TPSA) is 112 Å². The van der Waals surface area contributed by atoms with Crippen LogP contribution in [0.3, 0.4) is 0 Å². The van der Waals surface area contributed by atoms with Gasteiger partial charge in [0.1, 0.15) is 5.75 Å². The van der Waals surface area contributed by atoms with E-state index >= 15 is 0 Å². The van der Waals surface area contributed by atoms with Crippen LogP contribution < -0.4 is 10.1 Å². The van der Waals surface area contributed by atoms with Gasteiger partial charge in [0, 0.05) is 30.4 Å². The van der Waals surface area contributed by atoms with Crippen LogP contribution in [0.2, 0.25) is 0 Å². The number of anilines is 1. The number of nitro benzene ring substituents is 1. The first-order chi connectivity index (χ1) is 14.8. The molecule has 0 bridgehead atoms. The summed E-state index contributed by atoms with van der Waals surface area (Å²) in [5.41, 5.74) is 1.36. The van der Waals surface area contributed by atoms with E-state index in [2.05, 4.69) is 29.4 Å². The van der Waals surface area contributed by atoms with Crippen LogP contribution >= 0.6 is 11.8 Å². The predicted octanol–water partition coefficient (Wildman–Crippen LogP) is 4.16. The number of carbonyl (C=O) groups excluding carboxylic acids is 1. The second-order valence-electron chi connectivity index (χ2n) is 7.24. The largest absolute Gasteiger partial charge is 0.493 e. The molecule has 1 aromatic heterocycles. The first-order valence-corrected chi connectivity index (χ1v) is 10.6. The fourth-order valence-corrected chi connectivity index (χ4v) is 3.36. The van der Waals surface area contributed by atoms with E-state index in [9.17, 15) is 14.9 Å². The maximum absolute atomic E-state index is 12.2. The van der Waals surface area contributed by atoms with Crippen molar-refractivity contribution in [1.82, 2.24) is 14.8 Å². The average Bonchev–Trinajstić information content (AvgIpc) is 3.12. The van der Waals surface area contributed by atoms with Crippen LogP contribution in [0.1, 0.15) is 13.8 Å². The molecule has 0 aliphatic rings. The van der Waals surface area contributed by atoms with E-state index in [1.165, 1.54) is 36.0 Å².